The van der Waals surface area contributed by atoms with E-state index in [1.165, 1.54) is 10.9 Å². The smallest absolute Gasteiger partial charge is 0.140 e. The van der Waals surface area contributed by atoms with Gasteiger partial charge in [-0.1, -0.05) is 24.1 Å². The first-order valence-corrected chi connectivity index (χ1v) is 6.82. The van der Waals surface area contributed by atoms with Crippen LogP contribution in [0, 0.1) is 0 Å². The van der Waals surface area contributed by atoms with Crippen LogP contribution in [0.25, 0.3) is 10.9 Å². The minimum Gasteiger partial charge on any atom is -0.350 e. The van der Waals surface area contributed by atoms with Crippen LogP contribution >= 0.6 is 11.6 Å². The number of nitrogens with zero attached hydrogens (tertiary/aromatic N) is 1. The summed E-state index contributed by atoms with van der Waals surface area (Å²) in [4.78, 5) is 12.1. The Bertz CT molecular complexity index is 614. The van der Waals surface area contributed by atoms with E-state index in [0.29, 0.717) is 5.78 Å². The Kier molecular flexibility index (Phi) is 2.90. The predicted octanol–water partition coefficient (Wildman–Crippen LogP) is 4.06. The summed E-state index contributed by atoms with van der Waals surface area (Å²) in [5.74, 6) is 0.479. The van der Waals surface area contributed by atoms with Gasteiger partial charge in [0.2, 0.25) is 0 Å². The van der Waals surface area contributed by atoms with Gasteiger partial charge in [0.1, 0.15) is 5.78 Å². The van der Waals surface area contributed by atoms with Gasteiger partial charge >= 0.3 is 0 Å². The maximum absolute atomic E-state index is 12.1. The summed E-state index contributed by atoms with van der Waals surface area (Å²) in [5, 5.41) is 1.91. The molecule has 1 saturated carbocycles. The molecule has 1 fully saturated rings. The SMILES string of the molecule is Cn1cc(C2CCCCC2=O)c2ccc(Cl)cc21. The van der Waals surface area contributed by atoms with Crippen molar-refractivity contribution >= 4 is 28.3 Å². The highest BCUT2D eigenvalue weighted by atomic mass is 35.5. The molecule has 2 nitrogen and oxygen atoms in total. The van der Waals surface area contributed by atoms with Crippen LogP contribution in [0.2, 0.25) is 5.02 Å². The van der Waals surface area contributed by atoms with Crippen LogP contribution in [-0.4, -0.2) is 10.4 Å². The van der Waals surface area contributed by atoms with Gasteiger partial charge in [0.05, 0.1) is 0 Å². The number of carbonyl (C=O) groups is 1. The van der Waals surface area contributed by atoms with Gasteiger partial charge in [-0.2, -0.15) is 0 Å². The lowest BCUT2D eigenvalue weighted by atomic mass is 9.83. The van der Waals surface area contributed by atoms with E-state index in [-0.39, 0.29) is 5.92 Å². The Morgan fingerprint density at radius 3 is 2.94 bits per heavy atom. The summed E-state index contributed by atoms with van der Waals surface area (Å²) in [5.41, 5.74) is 2.28. The molecule has 1 heterocycles. The highest BCUT2D eigenvalue weighted by Crippen LogP contribution is 2.35. The fraction of sp³-hybridized carbons (Fsp3) is 0.400. The third-order valence-corrected chi connectivity index (χ3v) is 4.15. The average molecular weight is 262 g/mol. The van der Waals surface area contributed by atoms with Crippen molar-refractivity contribution in [2.45, 2.75) is 31.6 Å². The van der Waals surface area contributed by atoms with Crippen molar-refractivity contribution in [2.75, 3.05) is 0 Å². The normalized spacial score (nSPS) is 20.6. The van der Waals surface area contributed by atoms with Gasteiger partial charge in [0, 0.05) is 41.5 Å². The number of ketones is 1. The molecule has 2 aromatic rings. The Morgan fingerprint density at radius 1 is 1.33 bits per heavy atom. The molecular formula is C15H16ClNO. The number of aryl methyl sites for hydroxylation is 1. The largest absolute Gasteiger partial charge is 0.350 e. The number of benzene rings is 1. The molecule has 0 N–H and O–H groups in total. The van der Waals surface area contributed by atoms with Gasteiger partial charge in [-0.05, 0) is 30.5 Å². The molecule has 1 unspecified atom stereocenters. The second-order valence-corrected chi connectivity index (χ2v) is 5.56. The summed E-state index contributed by atoms with van der Waals surface area (Å²) in [6.07, 6.45) is 6.01. The van der Waals surface area contributed by atoms with Crippen LogP contribution in [0.15, 0.2) is 24.4 Å². The molecule has 0 spiro atoms. The quantitative estimate of drug-likeness (QED) is 0.759. The van der Waals surface area contributed by atoms with E-state index in [2.05, 4.69) is 10.8 Å². The summed E-state index contributed by atoms with van der Waals surface area (Å²) in [6, 6.07) is 5.91. The predicted molar refractivity (Wildman–Crippen MR) is 74.1 cm³/mol. The van der Waals surface area contributed by atoms with Crippen molar-refractivity contribution in [3.63, 3.8) is 0 Å². The third-order valence-electron chi connectivity index (χ3n) is 3.91. The summed E-state index contributed by atoms with van der Waals surface area (Å²) < 4.78 is 2.07. The van der Waals surface area contributed by atoms with Crippen LogP contribution in [0.5, 0.6) is 0 Å². The Hall–Kier alpha value is -1.28. The average Bonchev–Trinajstić information content (AvgIpc) is 2.67. The molecule has 0 bridgehead atoms. The molecule has 0 saturated heterocycles. The summed E-state index contributed by atoms with van der Waals surface area (Å²) >= 11 is 6.03. The molecule has 1 aromatic carbocycles. The number of aromatic nitrogens is 1. The first-order valence-electron chi connectivity index (χ1n) is 6.44. The number of fused-ring (bicyclic) bond motifs is 1. The number of halogens is 1. The van der Waals surface area contributed by atoms with Crippen LogP contribution in [0.4, 0.5) is 0 Å². The molecule has 3 heteroatoms. The molecule has 1 aliphatic carbocycles. The maximum Gasteiger partial charge on any atom is 0.140 e. The van der Waals surface area contributed by atoms with Crippen LogP contribution in [-0.2, 0) is 11.8 Å². The monoisotopic (exact) mass is 261 g/mol. The van der Waals surface area contributed by atoms with Crippen molar-refractivity contribution < 1.29 is 4.79 Å². The minimum atomic E-state index is 0.0867. The molecule has 0 aliphatic heterocycles. The Morgan fingerprint density at radius 2 is 2.17 bits per heavy atom. The number of Topliss-reactive ketones (excluding diaryl/α,β-unsaturated/α-hetero) is 1. The van der Waals surface area contributed by atoms with Crippen molar-refractivity contribution in [2.24, 2.45) is 7.05 Å². The number of carbonyl (C=O) groups excluding carboxylic acids is 1. The molecule has 1 atom stereocenters. The zero-order valence-electron chi connectivity index (χ0n) is 10.4. The molecule has 1 aliphatic rings. The highest BCUT2D eigenvalue weighted by Gasteiger charge is 2.26. The minimum absolute atomic E-state index is 0.0867. The topological polar surface area (TPSA) is 22.0 Å². The second-order valence-electron chi connectivity index (χ2n) is 5.12. The lowest BCUT2D eigenvalue weighted by Crippen LogP contribution is -2.16. The van der Waals surface area contributed by atoms with E-state index in [9.17, 15) is 4.79 Å². The number of rotatable bonds is 1. The van der Waals surface area contributed by atoms with Crippen LogP contribution in [0.1, 0.15) is 37.2 Å². The van der Waals surface area contributed by atoms with Crippen LogP contribution in [0.3, 0.4) is 0 Å². The van der Waals surface area contributed by atoms with E-state index in [1.54, 1.807) is 0 Å². The standard InChI is InChI=1S/C15H16ClNO/c1-17-9-13(12-4-2-3-5-15(12)18)11-7-6-10(16)8-14(11)17/h6-9,12H,2-5H2,1H3. The van der Waals surface area contributed by atoms with E-state index >= 15 is 0 Å². The fourth-order valence-corrected chi connectivity index (χ4v) is 3.14. The molecule has 3 rings (SSSR count). The van der Waals surface area contributed by atoms with Crippen molar-refractivity contribution in [1.82, 2.24) is 4.57 Å². The van der Waals surface area contributed by atoms with Gasteiger partial charge in [0.15, 0.2) is 0 Å². The summed E-state index contributed by atoms with van der Waals surface area (Å²) in [6.45, 7) is 0. The van der Waals surface area contributed by atoms with Gasteiger partial charge in [-0.15, -0.1) is 0 Å². The number of hydrogen-bond acceptors (Lipinski definition) is 1. The van der Waals surface area contributed by atoms with Gasteiger partial charge in [0.25, 0.3) is 0 Å². The summed E-state index contributed by atoms with van der Waals surface area (Å²) in [7, 11) is 2.01. The molecular weight excluding hydrogens is 246 g/mol. The maximum atomic E-state index is 12.1. The third kappa shape index (κ3) is 1.85. The van der Waals surface area contributed by atoms with Crippen molar-refractivity contribution in [3.05, 3.63) is 35.0 Å². The molecule has 18 heavy (non-hydrogen) atoms. The molecule has 94 valence electrons. The Labute approximate surface area is 112 Å². The fourth-order valence-electron chi connectivity index (χ4n) is 2.98. The highest BCUT2D eigenvalue weighted by molar-refractivity contribution is 6.31. The molecule has 1 aromatic heterocycles. The van der Waals surface area contributed by atoms with Gasteiger partial charge < -0.3 is 4.57 Å². The Balaban J connectivity index is 2.14. The zero-order chi connectivity index (χ0) is 12.7. The molecule has 0 amide bonds. The van der Waals surface area contributed by atoms with Crippen LogP contribution < -0.4 is 0 Å². The first kappa shape index (κ1) is 11.8. The van der Waals surface area contributed by atoms with Crippen molar-refractivity contribution in [3.8, 4) is 0 Å². The number of hydrogen-bond donors (Lipinski definition) is 0. The lowest BCUT2D eigenvalue weighted by Gasteiger charge is -2.19. The van der Waals surface area contributed by atoms with Gasteiger partial charge in [-0.3, -0.25) is 4.79 Å². The van der Waals surface area contributed by atoms with E-state index in [0.717, 1.165) is 36.2 Å². The first-order chi connectivity index (χ1) is 8.66. The lowest BCUT2D eigenvalue weighted by molar-refractivity contribution is -0.121. The van der Waals surface area contributed by atoms with E-state index in [1.807, 2.05) is 25.2 Å². The molecule has 0 radical (unpaired) electrons. The second kappa shape index (κ2) is 4.43. The van der Waals surface area contributed by atoms with Gasteiger partial charge in [-0.25, -0.2) is 0 Å². The van der Waals surface area contributed by atoms with E-state index < -0.39 is 0 Å². The van der Waals surface area contributed by atoms with E-state index in [4.69, 9.17) is 11.6 Å². The zero-order valence-corrected chi connectivity index (χ0v) is 11.2. The van der Waals surface area contributed by atoms with Crippen molar-refractivity contribution in [1.29, 1.82) is 0 Å².